The van der Waals surface area contributed by atoms with Gasteiger partial charge < -0.3 is 0 Å². The first-order valence-electron chi connectivity index (χ1n) is 8.04. The Kier molecular flexibility index (Phi) is 3.83. The molecule has 0 aliphatic carbocycles. The predicted octanol–water partition coefficient (Wildman–Crippen LogP) is 5.18. The van der Waals surface area contributed by atoms with Gasteiger partial charge in [-0.3, -0.25) is 5.01 Å². The largest absolute Gasteiger partial charge is 0.257 e. The molecule has 0 N–H and O–H groups in total. The summed E-state index contributed by atoms with van der Waals surface area (Å²) in [6, 6.07) is 27.1. The lowest BCUT2D eigenvalue weighted by molar-refractivity contribution is 0.624. The fourth-order valence-corrected chi connectivity index (χ4v) is 3.08. The molecule has 3 aromatic carbocycles. The lowest BCUT2D eigenvalue weighted by atomic mass is 9.98. The van der Waals surface area contributed by atoms with Gasteiger partial charge in [0.2, 0.25) is 0 Å². The number of halogens is 1. The molecule has 2 nitrogen and oxygen atoms in total. The van der Waals surface area contributed by atoms with Gasteiger partial charge >= 0.3 is 0 Å². The van der Waals surface area contributed by atoms with E-state index in [2.05, 4.69) is 12.1 Å². The minimum absolute atomic E-state index is 0.0724. The molecule has 0 radical (unpaired) electrons. The molecule has 0 aromatic heterocycles. The van der Waals surface area contributed by atoms with Crippen molar-refractivity contribution in [1.29, 1.82) is 0 Å². The molecule has 1 atom stereocenters. The van der Waals surface area contributed by atoms with E-state index in [0.717, 1.165) is 28.9 Å². The smallest absolute Gasteiger partial charge is 0.123 e. The van der Waals surface area contributed by atoms with Crippen LogP contribution >= 0.6 is 0 Å². The van der Waals surface area contributed by atoms with Crippen LogP contribution in [0.2, 0.25) is 0 Å². The van der Waals surface area contributed by atoms with Gasteiger partial charge in [-0.25, -0.2) is 4.39 Å². The van der Waals surface area contributed by atoms with Crippen molar-refractivity contribution in [3.8, 4) is 0 Å². The van der Waals surface area contributed by atoms with Crippen LogP contribution in [0.25, 0.3) is 0 Å². The molecule has 0 unspecified atom stereocenters. The molecule has 118 valence electrons. The maximum atomic E-state index is 13.3. The van der Waals surface area contributed by atoms with Crippen LogP contribution in [0.1, 0.15) is 23.6 Å². The Hall–Kier alpha value is -2.94. The normalized spacial score (nSPS) is 17.0. The first-order chi connectivity index (χ1) is 11.8. The fourth-order valence-electron chi connectivity index (χ4n) is 3.08. The number of nitrogens with zero attached hydrogens (tertiary/aromatic N) is 2. The zero-order valence-corrected chi connectivity index (χ0v) is 13.1. The second-order valence-electron chi connectivity index (χ2n) is 5.86. The van der Waals surface area contributed by atoms with E-state index in [4.69, 9.17) is 5.10 Å². The van der Waals surface area contributed by atoms with Gasteiger partial charge in [0.1, 0.15) is 5.82 Å². The number of hydrazone groups is 1. The number of benzene rings is 3. The summed E-state index contributed by atoms with van der Waals surface area (Å²) in [6.45, 7) is 0. The van der Waals surface area contributed by atoms with E-state index < -0.39 is 0 Å². The summed E-state index contributed by atoms with van der Waals surface area (Å²) in [5.74, 6) is -0.216. The minimum Gasteiger partial charge on any atom is -0.257 e. The monoisotopic (exact) mass is 316 g/mol. The van der Waals surface area contributed by atoms with E-state index in [9.17, 15) is 4.39 Å². The highest BCUT2D eigenvalue weighted by atomic mass is 19.1. The number of hydrogen-bond donors (Lipinski definition) is 0. The van der Waals surface area contributed by atoms with Crippen LogP contribution in [-0.2, 0) is 0 Å². The van der Waals surface area contributed by atoms with Crippen LogP contribution in [0, 0.1) is 5.82 Å². The van der Waals surface area contributed by atoms with Crippen LogP contribution in [0.5, 0.6) is 0 Å². The van der Waals surface area contributed by atoms with Gasteiger partial charge in [0.25, 0.3) is 0 Å². The van der Waals surface area contributed by atoms with E-state index in [1.165, 1.54) is 12.1 Å². The average molecular weight is 316 g/mol. The van der Waals surface area contributed by atoms with Gasteiger partial charge in [-0.15, -0.1) is 0 Å². The maximum absolute atomic E-state index is 13.3. The van der Waals surface area contributed by atoms with Crippen molar-refractivity contribution >= 4 is 11.4 Å². The predicted molar refractivity (Wildman–Crippen MR) is 95.7 cm³/mol. The van der Waals surface area contributed by atoms with Gasteiger partial charge in [0.05, 0.1) is 17.4 Å². The maximum Gasteiger partial charge on any atom is 0.123 e. The van der Waals surface area contributed by atoms with Crippen molar-refractivity contribution in [3.05, 3.63) is 102 Å². The summed E-state index contributed by atoms with van der Waals surface area (Å²) >= 11 is 0. The third-order valence-corrected chi connectivity index (χ3v) is 4.29. The molecule has 1 heterocycles. The van der Waals surface area contributed by atoms with Crippen LogP contribution in [-0.4, -0.2) is 5.71 Å². The third-order valence-electron chi connectivity index (χ3n) is 4.29. The molecule has 0 bridgehead atoms. The first-order valence-corrected chi connectivity index (χ1v) is 8.04. The Bertz CT molecular complexity index is 842. The third kappa shape index (κ3) is 2.81. The summed E-state index contributed by atoms with van der Waals surface area (Å²) < 4.78 is 13.3. The van der Waals surface area contributed by atoms with E-state index in [1.54, 1.807) is 0 Å². The number of anilines is 1. The zero-order chi connectivity index (χ0) is 16.4. The number of hydrogen-bond acceptors (Lipinski definition) is 2. The molecule has 0 saturated heterocycles. The summed E-state index contributed by atoms with van der Waals surface area (Å²) in [6.07, 6.45) is 0.796. The molecule has 1 aliphatic rings. The van der Waals surface area contributed by atoms with Crippen molar-refractivity contribution in [2.75, 3.05) is 5.01 Å². The standard InChI is InChI=1S/C21H17FN2/c22-18-13-11-17(12-14-18)21-15-20(16-7-3-1-4-8-16)23-24(21)19-9-5-2-6-10-19/h1-14,21H,15H2/t21-/m1/s1. The Balaban J connectivity index is 1.74. The number of para-hydroxylation sites is 1. The van der Waals surface area contributed by atoms with E-state index in [1.807, 2.05) is 65.7 Å². The molecule has 0 amide bonds. The van der Waals surface area contributed by atoms with Crippen LogP contribution in [0.4, 0.5) is 10.1 Å². The van der Waals surface area contributed by atoms with Crippen LogP contribution < -0.4 is 5.01 Å². The molecule has 0 spiro atoms. The molecule has 0 saturated carbocycles. The minimum atomic E-state index is -0.216. The van der Waals surface area contributed by atoms with E-state index in [0.29, 0.717) is 0 Å². The molecule has 4 rings (SSSR count). The van der Waals surface area contributed by atoms with Crippen molar-refractivity contribution in [1.82, 2.24) is 0 Å². The van der Waals surface area contributed by atoms with E-state index >= 15 is 0 Å². The van der Waals surface area contributed by atoms with Crippen LogP contribution in [0.3, 0.4) is 0 Å². The van der Waals surface area contributed by atoms with Gasteiger partial charge in [-0.1, -0.05) is 60.7 Å². The van der Waals surface area contributed by atoms with Crippen LogP contribution in [0.15, 0.2) is 90.0 Å². The van der Waals surface area contributed by atoms with Gasteiger partial charge in [0, 0.05) is 6.42 Å². The summed E-state index contributed by atoms with van der Waals surface area (Å²) in [7, 11) is 0. The van der Waals surface area contributed by atoms with Gasteiger partial charge in [-0.2, -0.15) is 5.10 Å². The van der Waals surface area contributed by atoms with Crippen molar-refractivity contribution in [2.45, 2.75) is 12.5 Å². The number of rotatable bonds is 3. The Morgan fingerprint density at radius 3 is 2.08 bits per heavy atom. The van der Waals surface area contributed by atoms with Gasteiger partial charge in [0.15, 0.2) is 0 Å². The molecular formula is C21H17FN2. The highest BCUT2D eigenvalue weighted by Gasteiger charge is 2.29. The summed E-state index contributed by atoms with van der Waals surface area (Å²) in [5, 5.41) is 6.90. The Labute approximate surface area is 140 Å². The van der Waals surface area contributed by atoms with Crippen molar-refractivity contribution in [2.24, 2.45) is 5.10 Å². The average Bonchev–Trinajstić information content (AvgIpc) is 3.09. The zero-order valence-electron chi connectivity index (χ0n) is 13.1. The van der Waals surface area contributed by atoms with Crippen molar-refractivity contribution < 1.29 is 4.39 Å². The summed E-state index contributed by atoms with van der Waals surface area (Å²) in [4.78, 5) is 0. The fraction of sp³-hybridized carbons (Fsp3) is 0.0952. The lowest BCUT2D eigenvalue weighted by Gasteiger charge is -2.23. The second-order valence-corrected chi connectivity index (χ2v) is 5.86. The molecule has 1 aliphatic heterocycles. The molecule has 0 fully saturated rings. The molecule has 3 heteroatoms. The quantitative estimate of drug-likeness (QED) is 0.650. The topological polar surface area (TPSA) is 15.6 Å². The molecular weight excluding hydrogens is 299 g/mol. The Morgan fingerprint density at radius 2 is 1.42 bits per heavy atom. The van der Waals surface area contributed by atoms with E-state index in [-0.39, 0.29) is 11.9 Å². The summed E-state index contributed by atoms with van der Waals surface area (Å²) in [5.41, 5.74) is 4.28. The Morgan fingerprint density at radius 1 is 0.792 bits per heavy atom. The molecule has 24 heavy (non-hydrogen) atoms. The van der Waals surface area contributed by atoms with Crippen molar-refractivity contribution in [3.63, 3.8) is 0 Å². The highest BCUT2D eigenvalue weighted by Crippen LogP contribution is 2.36. The first kappa shape index (κ1) is 14.6. The second kappa shape index (κ2) is 6.28. The van der Waals surface area contributed by atoms with Gasteiger partial charge in [-0.05, 0) is 35.4 Å². The highest BCUT2D eigenvalue weighted by molar-refractivity contribution is 6.03. The molecule has 3 aromatic rings. The lowest BCUT2D eigenvalue weighted by Crippen LogP contribution is -2.18. The SMILES string of the molecule is Fc1ccc([C@H]2CC(c3ccccc3)=NN2c2ccccc2)cc1.